The number of hydrogen-bond acceptors (Lipinski definition) is 4. The fourth-order valence-corrected chi connectivity index (χ4v) is 3.19. The SMILES string of the molecule is CC(NC(=O)CSc1nc(-c2ccccc2)cc(=O)[nH]1)c1ccccc1. The maximum atomic E-state index is 12.2. The molecule has 3 aromatic rings. The van der Waals surface area contributed by atoms with Crippen LogP contribution >= 0.6 is 11.8 Å². The van der Waals surface area contributed by atoms with Gasteiger partial charge in [-0.3, -0.25) is 9.59 Å². The number of aromatic amines is 1. The third kappa shape index (κ3) is 4.83. The van der Waals surface area contributed by atoms with E-state index in [-0.39, 0.29) is 23.3 Å². The lowest BCUT2D eigenvalue weighted by Crippen LogP contribution is -2.28. The number of carbonyl (C=O) groups excluding carboxylic acids is 1. The molecule has 0 aliphatic heterocycles. The average Bonchev–Trinajstić information content (AvgIpc) is 2.67. The topological polar surface area (TPSA) is 74.8 Å². The van der Waals surface area contributed by atoms with Crippen molar-refractivity contribution in [2.24, 2.45) is 0 Å². The molecule has 0 radical (unpaired) electrons. The molecule has 1 aromatic heterocycles. The zero-order chi connectivity index (χ0) is 18.4. The van der Waals surface area contributed by atoms with Crippen LogP contribution in [0.5, 0.6) is 0 Å². The van der Waals surface area contributed by atoms with Gasteiger partial charge < -0.3 is 10.3 Å². The van der Waals surface area contributed by atoms with Crippen LogP contribution in [-0.2, 0) is 4.79 Å². The lowest BCUT2D eigenvalue weighted by atomic mass is 10.1. The molecule has 0 saturated carbocycles. The van der Waals surface area contributed by atoms with Gasteiger partial charge in [0.1, 0.15) is 0 Å². The average molecular weight is 365 g/mol. The van der Waals surface area contributed by atoms with E-state index in [0.717, 1.165) is 11.1 Å². The van der Waals surface area contributed by atoms with Crippen LogP contribution in [0.2, 0.25) is 0 Å². The van der Waals surface area contributed by atoms with Crippen LogP contribution in [0.15, 0.2) is 76.7 Å². The quantitative estimate of drug-likeness (QED) is 0.519. The van der Waals surface area contributed by atoms with Crippen molar-refractivity contribution in [3.63, 3.8) is 0 Å². The first-order chi connectivity index (χ1) is 12.6. The number of aromatic nitrogens is 2. The van der Waals surface area contributed by atoms with Gasteiger partial charge in [0.05, 0.1) is 17.5 Å². The summed E-state index contributed by atoms with van der Waals surface area (Å²) in [6, 6.07) is 20.6. The second kappa shape index (κ2) is 8.49. The van der Waals surface area contributed by atoms with Gasteiger partial charge in [0.15, 0.2) is 5.16 Å². The number of thioether (sulfide) groups is 1. The molecule has 0 aliphatic rings. The Labute approximate surface area is 155 Å². The van der Waals surface area contributed by atoms with Crippen molar-refractivity contribution in [3.8, 4) is 11.3 Å². The van der Waals surface area contributed by atoms with E-state index in [1.54, 1.807) is 0 Å². The van der Waals surface area contributed by atoms with Gasteiger partial charge in [0.25, 0.3) is 5.56 Å². The summed E-state index contributed by atoms with van der Waals surface area (Å²) in [6.07, 6.45) is 0. The highest BCUT2D eigenvalue weighted by Gasteiger charge is 2.11. The summed E-state index contributed by atoms with van der Waals surface area (Å²) in [5.41, 5.74) is 2.26. The van der Waals surface area contributed by atoms with Crippen LogP contribution in [-0.4, -0.2) is 21.6 Å². The van der Waals surface area contributed by atoms with Gasteiger partial charge >= 0.3 is 0 Å². The Hall–Kier alpha value is -2.86. The van der Waals surface area contributed by atoms with Crippen LogP contribution in [0.25, 0.3) is 11.3 Å². The molecule has 0 aliphatic carbocycles. The van der Waals surface area contributed by atoms with E-state index in [1.165, 1.54) is 17.8 Å². The minimum atomic E-state index is -0.237. The van der Waals surface area contributed by atoms with Gasteiger partial charge in [0, 0.05) is 11.6 Å². The van der Waals surface area contributed by atoms with Gasteiger partial charge in [-0.2, -0.15) is 0 Å². The summed E-state index contributed by atoms with van der Waals surface area (Å²) in [4.78, 5) is 31.2. The van der Waals surface area contributed by atoms with Crippen LogP contribution in [0, 0.1) is 0 Å². The van der Waals surface area contributed by atoms with Gasteiger partial charge in [-0.15, -0.1) is 0 Å². The number of rotatable bonds is 6. The smallest absolute Gasteiger partial charge is 0.252 e. The summed E-state index contributed by atoms with van der Waals surface area (Å²) in [7, 11) is 0. The third-order valence-electron chi connectivity index (χ3n) is 3.81. The van der Waals surface area contributed by atoms with Crippen molar-refractivity contribution < 1.29 is 4.79 Å². The highest BCUT2D eigenvalue weighted by molar-refractivity contribution is 7.99. The fourth-order valence-electron chi connectivity index (χ4n) is 2.50. The zero-order valence-electron chi connectivity index (χ0n) is 14.3. The molecule has 5 nitrogen and oxygen atoms in total. The standard InChI is InChI=1S/C20H19N3O2S/c1-14(15-8-4-2-5-9-15)21-19(25)13-26-20-22-17(12-18(24)23-20)16-10-6-3-7-11-16/h2-12,14H,13H2,1H3,(H,21,25)(H,22,23,24). The lowest BCUT2D eigenvalue weighted by molar-refractivity contribution is -0.119. The molecular weight excluding hydrogens is 346 g/mol. The number of nitrogens with one attached hydrogen (secondary N) is 2. The van der Waals surface area contributed by atoms with Gasteiger partial charge in [-0.05, 0) is 12.5 Å². The minimum Gasteiger partial charge on any atom is -0.349 e. The van der Waals surface area contributed by atoms with Crippen molar-refractivity contribution in [2.45, 2.75) is 18.1 Å². The van der Waals surface area contributed by atoms with Crippen LogP contribution in [0.1, 0.15) is 18.5 Å². The Morgan fingerprint density at radius 2 is 1.77 bits per heavy atom. The monoisotopic (exact) mass is 365 g/mol. The van der Waals surface area contributed by atoms with E-state index in [0.29, 0.717) is 10.9 Å². The Morgan fingerprint density at radius 1 is 1.12 bits per heavy atom. The van der Waals surface area contributed by atoms with Crippen molar-refractivity contribution >= 4 is 17.7 Å². The predicted octanol–water partition coefficient (Wildman–Crippen LogP) is 3.41. The first-order valence-corrected chi connectivity index (χ1v) is 9.24. The van der Waals surface area contributed by atoms with Crippen LogP contribution < -0.4 is 10.9 Å². The first kappa shape index (κ1) is 17.9. The highest BCUT2D eigenvalue weighted by Crippen LogP contribution is 2.19. The Bertz CT molecular complexity index is 927. The summed E-state index contributed by atoms with van der Waals surface area (Å²) >= 11 is 1.21. The molecule has 1 amide bonds. The molecule has 1 atom stereocenters. The summed E-state index contributed by atoms with van der Waals surface area (Å²) in [5, 5.41) is 3.38. The predicted molar refractivity (Wildman–Crippen MR) is 104 cm³/mol. The highest BCUT2D eigenvalue weighted by atomic mass is 32.2. The lowest BCUT2D eigenvalue weighted by Gasteiger charge is -2.14. The molecule has 0 saturated heterocycles. The van der Waals surface area contributed by atoms with E-state index < -0.39 is 0 Å². The maximum absolute atomic E-state index is 12.2. The minimum absolute atomic E-state index is 0.0769. The van der Waals surface area contributed by atoms with Crippen molar-refractivity contribution in [2.75, 3.05) is 5.75 Å². The van der Waals surface area contributed by atoms with Gasteiger partial charge in [0.2, 0.25) is 5.91 Å². The number of nitrogens with zero attached hydrogens (tertiary/aromatic N) is 1. The zero-order valence-corrected chi connectivity index (χ0v) is 15.1. The molecule has 0 bridgehead atoms. The Kier molecular flexibility index (Phi) is 5.86. The molecule has 0 fully saturated rings. The summed E-state index contributed by atoms with van der Waals surface area (Å²) in [5.74, 6) is 0.0670. The molecular formula is C20H19N3O2S. The van der Waals surface area contributed by atoms with Crippen LogP contribution in [0.3, 0.4) is 0 Å². The van der Waals surface area contributed by atoms with Gasteiger partial charge in [-0.1, -0.05) is 72.4 Å². The number of hydrogen-bond donors (Lipinski definition) is 2. The largest absolute Gasteiger partial charge is 0.349 e. The van der Waals surface area contributed by atoms with Gasteiger partial charge in [-0.25, -0.2) is 4.98 Å². The summed E-state index contributed by atoms with van der Waals surface area (Å²) in [6.45, 7) is 1.94. The third-order valence-corrected chi connectivity index (χ3v) is 4.68. The van der Waals surface area contributed by atoms with E-state index in [2.05, 4.69) is 15.3 Å². The molecule has 2 aromatic carbocycles. The second-order valence-electron chi connectivity index (χ2n) is 5.79. The van der Waals surface area contributed by atoms with E-state index in [4.69, 9.17) is 0 Å². The van der Waals surface area contributed by atoms with Crippen molar-refractivity contribution in [1.29, 1.82) is 0 Å². The van der Waals surface area contributed by atoms with Crippen molar-refractivity contribution in [1.82, 2.24) is 15.3 Å². The number of amides is 1. The number of benzene rings is 2. The summed E-state index contributed by atoms with van der Waals surface area (Å²) < 4.78 is 0. The molecule has 3 rings (SSSR count). The first-order valence-electron chi connectivity index (χ1n) is 8.26. The molecule has 1 heterocycles. The van der Waals surface area contributed by atoms with E-state index in [9.17, 15) is 9.59 Å². The molecule has 0 spiro atoms. The molecule has 132 valence electrons. The normalized spacial score (nSPS) is 11.7. The number of carbonyl (C=O) groups is 1. The van der Waals surface area contributed by atoms with E-state index >= 15 is 0 Å². The molecule has 2 N–H and O–H groups in total. The van der Waals surface area contributed by atoms with Crippen LogP contribution in [0.4, 0.5) is 0 Å². The second-order valence-corrected chi connectivity index (χ2v) is 6.75. The number of H-pyrrole nitrogens is 1. The maximum Gasteiger partial charge on any atom is 0.252 e. The van der Waals surface area contributed by atoms with E-state index in [1.807, 2.05) is 67.6 Å². The Balaban J connectivity index is 1.63. The molecule has 6 heteroatoms. The fraction of sp³-hybridized carbons (Fsp3) is 0.150. The molecule has 26 heavy (non-hydrogen) atoms. The molecule has 1 unspecified atom stereocenters. The Morgan fingerprint density at radius 3 is 2.46 bits per heavy atom. The van der Waals surface area contributed by atoms with Crippen molar-refractivity contribution in [3.05, 3.63) is 82.6 Å².